The number of ether oxygens (including phenoxy) is 1. The number of halogens is 3. The van der Waals surface area contributed by atoms with E-state index in [1.165, 1.54) is 5.56 Å². The zero-order valence-electron chi connectivity index (χ0n) is 18.7. The van der Waals surface area contributed by atoms with Crippen LogP contribution in [0.2, 0.25) is 0 Å². The van der Waals surface area contributed by atoms with Crippen LogP contribution in [0.4, 0.5) is 0 Å². The van der Waals surface area contributed by atoms with Gasteiger partial charge in [0.05, 0.1) is 21.6 Å². The van der Waals surface area contributed by atoms with E-state index in [1.807, 2.05) is 48.5 Å². The lowest BCUT2D eigenvalue weighted by atomic mass is 9.86. The number of carbonyl (C=O) groups excluding carboxylic acids is 1. The normalized spacial score (nSPS) is 11.6. The quantitative estimate of drug-likeness (QED) is 0.215. The molecule has 0 heterocycles. The molecule has 1 N–H and O–H groups in total. The zero-order valence-corrected chi connectivity index (χ0v) is 23.4. The van der Waals surface area contributed by atoms with Gasteiger partial charge in [-0.1, -0.05) is 73.1 Å². The second-order valence-electron chi connectivity index (χ2n) is 8.65. The van der Waals surface area contributed by atoms with E-state index < -0.39 is 0 Å². The average Bonchev–Trinajstić information content (AvgIpc) is 2.74. The fourth-order valence-corrected chi connectivity index (χ4v) is 4.77. The molecule has 4 nitrogen and oxygen atoms in total. The van der Waals surface area contributed by atoms with E-state index in [2.05, 4.69) is 91.2 Å². The molecule has 1 amide bonds. The first-order valence-electron chi connectivity index (χ1n) is 10.4. The van der Waals surface area contributed by atoms with Gasteiger partial charge >= 0.3 is 0 Å². The highest BCUT2D eigenvalue weighted by atomic mass is 79.9. The molecule has 0 bridgehead atoms. The van der Waals surface area contributed by atoms with Crippen molar-refractivity contribution < 1.29 is 9.53 Å². The maximum Gasteiger partial charge on any atom is 0.244 e. The summed E-state index contributed by atoms with van der Waals surface area (Å²) in [5.74, 6) is 0.542. The van der Waals surface area contributed by atoms with Crippen molar-refractivity contribution in [2.45, 2.75) is 39.2 Å². The second-order valence-corrected chi connectivity index (χ2v) is 11.3. The molecule has 0 saturated carbocycles. The molecule has 7 heteroatoms. The maximum absolute atomic E-state index is 12.2. The van der Waals surface area contributed by atoms with E-state index in [4.69, 9.17) is 4.74 Å². The van der Waals surface area contributed by atoms with Crippen molar-refractivity contribution >= 4 is 59.9 Å². The molecule has 0 atom stereocenters. The highest BCUT2D eigenvalue weighted by Gasteiger charge is 2.13. The van der Waals surface area contributed by atoms with E-state index in [-0.39, 0.29) is 17.7 Å². The van der Waals surface area contributed by atoms with Crippen molar-refractivity contribution in [3.05, 3.63) is 96.3 Å². The van der Waals surface area contributed by atoms with E-state index in [9.17, 15) is 4.79 Å². The van der Waals surface area contributed by atoms with Crippen LogP contribution in [0.15, 0.2) is 79.2 Å². The summed E-state index contributed by atoms with van der Waals surface area (Å²) >= 11 is 10.5. The van der Waals surface area contributed by atoms with Crippen LogP contribution >= 0.6 is 47.8 Å². The number of hydrogen-bond acceptors (Lipinski definition) is 3. The lowest BCUT2D eigenvalue weighted by Gasteiger charge is -2.19. The van der Waals surface area contributed by atoms with Gasteiger partial charge in [0.15, 0.2) is 0 Å². The van der Waals surface area contributed by atoms with E-state index in [1.54, 1.807) is 6.21 Å². The standard InChI is InChI=1S/C26H25Br3N2O2/c1-26(2,3)20-8-4-17(5-9-20)14-24(32)31-30-15-19-12-22(28)25(23(29)13-19)33-16-18-6-10-21(27)11-7-18/h4-13,15H,14,16H2,1-3H3,(H,31,32). The van der Waals surface area contributed by atoms with Gasteiger partial charge < -0.3 is 4.74 Å². The highest BCUT2D eigenvalue weighted by Crippen LogP contribution is 2.35. The molecular weight excluding hydrogens is 612 g/mol. The number of hydrazone groups is 1. The van der Waals surface area contributed by atoms with Crippen molar-refractivity contribution in [2.24, 2.45) is 5.10 Å². The molecule has 0 aliphatic heterocycles. The van der Waals surface area contributed by atoms with E-state index in [0.29, 0.717) is 12.4 Å². The molecule has 33 heavy (non-hydrogen) atoms. The Morgan fingerprint density at radius 3 is 2.09 bits per heavy atom. The Morgan fingerprint density at radius 1 is 0.939 bits per heavy atom. The molecule has 0 aliphatic rings. The number of nitrogens with one attached hydrogen (secondary N) is 1. The van der Waals surface area contributed by atoms with Gasteiger partial charge in [-0.25, -0.2) is 5.43 Å². The minimum Gasteiger partial charge on any atom is -0.487 e. The summed E-state index contributed by atoms with van der Waals surface area (Å²) in [5.41, 5.74) is 6.76. The van der Waals surface area contributed by atoms with Gasteiger partial charge in [0, 0.05) is 4.47 Å². The van der Waals surface area contributed by atoms with Gasteiger partial charge in [0.25, 0.3) is 0 Å². The zero-order chi connectivity index (χ0) is 24.0. The van der Waals surface area contributed by atoms with Gasteiger partial charge in [-0.05, 0) is 83.8 Å². The fourth-order valence-electron chi connectivity index (χ4n) is 3.05. The molecule has 3 rings (SSSR count). The van der Waals surface area contributed by atoms with Crippen molar-refractivity contribution in [3.8, 4) is 5.75 Å². The van der Waals surface area contributed by atoms with Crippen LogP contribution < -0.4 is 10.2 Å². The predicted molar refractivity (Wildman–Crippen MR) is 145 cm³/mol. The van der Waals surface area contributed by atoms with Crippen LogP contribution in [-0.2, 0) is 23.2 Å². The Morgan fingerprint density at radius 2 is 1.52 bits per heavy atom. The van der Waals surface area contributed by atoms with E-state index in [0.717, 1.165) is 30.1 Å². The lowest BCUT2D eigenvalue weighted by Crippen LogP contribution is -2.20. The molecule has 0 radical (unpaired) electrons. The summed E-state index contributed by atoms with van der Waals surface area (Å²) in [4.78, 5) is 12.2. The molecule has 0 aliphatic carbocycles. The molecule has 0 fully saturated rings. The number of amides is 1. The van der Waals surface area contributed by atoms with Crippen LogP contribution in [0.5, 0.6) is 5.75 Å². The smallest absolute Gasteiger partial charge is 0.244 e. The molecule has 0 saturated heterocycles. The number of carbonyl (C=O) groups is 1. The largest absolute Gasteiger partial charge is 0.487 e. The molecule has 3 aromatic carbocycles. The number of rotatable bonds is 7. The lowest BCUT2D eigenvalue weighted by molar-refractivity contribution is -0.120. The third-order valence-electron chi connectivity index (χ3n) is 4.90. The number of nitrogens with zero attached hydrogens (tertiary/aromatic N) is 1. The third kappa shape index (κ3) is 7.80. The average molecular weight is 637 g/mol. The van der Waals surface area contributed by atoms with Gasteiger partial charge in [0.1, 0.15) is 12.4 Å². The third-order valence-corrected chi connectivity index (χ3v) is 6.61. The van der Waals surface area contributed by atoms with Crippen LogP contribution in [-0.4, -0.2) is 12.1 Å². The summed E-state index contributed by atoms with van der Waals surface area (Å²) in [5, 5.41) is 4.10. The number of benzene rings is 3. The van der Waals surface area contributed by atoms with Gasteiger partial charge in [0.2, 0.25) is 5.91 Å². The summed E-state index contributed by atoms with van der Waals surface area (Å²) in [6.07, 6.45) is 1.88. The Labute approximate surface area is 220 Å². The van der Waals surface area contributed by atoms with Crippen molar-refractivity contribution in [3.63, 3.8) is 0 Å². The maximum atomic E-state index is 12.2. The van der Waals surface area contributed by atoms with Crippen LogP contribution in [0.25, 0.3) is 0 Å². The first-order chi connectivity index (χ1) is 15.6. The van der Waals surface area contributed by atoms with Gasteiger partial charge in [-0.15, -0.1) is 0 Å². The Kier molecular flexibility index (Phi) is 8.90. The van der Waals surface area contributed by atoms with Crippen molar-refractivity contribution in [1.82, 2.24) is 5.43 Å². The van der Waals surface area contributed by atoms with Crippen molar-refractivity contribution in [1.29, 1.82) is 0 Å². The summed E-state index contributed by atoms with van der Waals surface area (Å²) in [6.45, 7) is 6.95. The summed E-state index contributed by atoms with van der Waals surface area (Å²) in [6, 6.07) is 19.9. The molecule has 0 spiro atoms. The molecule has 0 unspecified atom stereocenters. The SMILES string of the molecule is CC(C)(C)c1ccc(CC(=O)NN=Cc2cc(Br)c(OCc3ccc(Br)cc3)c(Br)c2)cc1. The first kappa shape index (κ1) is 25.7. The Balaban J connectivity index is 1.56. The molecule has 172 valence electrons. The Bertz CT molecular complexity index is 1110. The second kappa shape index (κ2) is 11.4. The number of hydrogen-bond donors (Lipinski definition) is 1. The molecule has 3 aromatic rings. The van der Waals surface area contributed by atoms with E-state index >= 15 is 0 Å². The van der Waals surface area contributed by atoms with Crippen LogP contribution in [0.1, 0.15) is 43.0 Å². The predicted octanol–water partition coefficient (Wildman–Crippen LogP) is 7.54. The van der Waals surface area contributed by atoms with Gasteiger partial charge in [-0.3, -0.25) is 4.79 Å². The van der Waals surface area contributed by atoms with Crippen LogP contribution in [0.3, 0.4) is 0 Å². The van der Waals surface area contributed by atoms with Crippen molar-refractivity contribution in [2.75, 3.05) is 0 Å². The molecule has 0 aromatic heterocycles. The summed E-state index contributed by atoms with van der Waals surface area (Å²) in [7, 11) is 0. The monoisotopic (exact) mass is 634 g/mol. The minimum absolute atomic E-state index is 0.0905. The van der Waals surface area contributed by atoms with Crippen LogP contribution in [0, 0.1) is 0 Å². The Hall–Kier alpha value is -1.96. The first-order valence-corrected chi connectivity index (χ1v) is 12.8. The topological polar surface area (TPSA) is 50.7 Å². The summed E-state index contributed by atoms with van der Waals surface area (Å²) < 4.78 is 8.58. The highest BCUT2D eigenvalue weighted by molar-refractivity contribution is 9.11. The fraction of sp³-hybridized carbons (Fsp3) is 0.231. The molecular formula is C26H25Br3N2O2. The minimum atomic E-state index is -0.164. The van der Waals surface area contributed by atoms with Gasteiger partial charge in [-0.2, -0.15) is 5.10 Å².